The van der Waals surface area contributed by atoms with Gasteiger partial charge in [-0.25, -0.2) is 0 Å². The van der Waals surface area contributed by atoms with Gasteiger partial charge in [0, 0.05) is 23.5 Å². The molecule has 0 aromatic carbocycles. The molecule has 0 amide bonds. The summed E-state index contributed by atoms with van der Waals surface area (Å²) < 4.78 is 11.4. The van der Waals surface area contributed by atoms with Crippen LogP contribution < -0.4 is 0 Å². The van der Waals surface area contributed by atoms with Crippen molar-refractivity contribution < 1.29 is 9.47 Å². The number of rotatable bonds is 2. The molecule has 0 spiro atoms. The molecule has 1 heterocycles. The van der Waals surface area contributed by atoms with Crippen molar-refractivity contribution in [1.82, 2.24) is 0 Å². The predicted molar refractivity (Wildman–Crippen MR) is 59.8 cm³/mol. The highest BCUT2D eigenvalue weighted by Crippen LogP contribution is 2.48. The molecule has 2 rings (SSSR count). The van der Waals surface area contributed by atoms with E-state index in [4.69, 9.17) is 9.47 Å². The first-order chi connectivity index (χ1) is 6.60. The fourth-order valence-corrected chi connectivity index (χ4v) is 2.75. The zero-order chi connectivity index (χ0) is 10.2. The van der Waals surface area contributed by atoms with Crippen LogP contribution in [0.1, 0.15) is 33.1 Å². The number of hydrogen-bond acceptors (Lipinski definition) is 2. The molecule has 3 heteroatoms. The van der Waals surface area contributed by atoms with Crippen molar-refractivity contribution in [3.05, 3.63) is 0 Å². The minimum atomic E-state index is 0.304. The molecule has 1 saturated carbocycles. The summed E-state index contributed by atoms with van der Waals surface area (Å²) in [7, 11) is 0. The van der Waals surface area contributed by atoms with Gasteiger partial charge in [-0.3, -0.25) is 0 Å². The Morgan fingerprint density at radius 1 is 1.29 bits per heavy atom. The van der Waals surface area contributed by atoms with Crippen LogP contribution in [0.2, 0.25) is 0 Å². The molecule has 1 saturated heterocycles. The number of hydrogen-bond donors (Lipinski definition) is 0. The average Bonchev–Trinajstić information content (AvgIpc) is 2.19. The lowest BCUT2D eigenvalue weighted by Gasteiger charge is -2.50. The molecule has 2 unspecified atom stereocenters. The highest BCUT2D eigenvalue weighted by molar-refractivity contribution is 9.09. The first-order valence-electron chi connectivity index (χ1n) is 5.48. The third-order valence-electron chi connectivity index (χ3n) is 3.58. The Bertz CT molecular complexity index is 199. The molecular weight excluding hydrogens is 244 g/mol. The Hall–Kier alpha value is 0.400. The smallest absolute Gasteiger partial charge is 0.0651 e. The first kappa shape index (κ1) is 10.9. The molecule has 0 aromatic rings. The summed E-state index contributed by atoms with van der Waals surface area (Å²) >= 11 is 3.68. The summed E-state index contributed by atoms with van der Waals surface area (Å²) in [5, 5.41) is 0. The lowest BCUT2D eigenvalue weighted by molar-refractivity contribution is -0.143. The minimum absolute atomic E-state index is 0.304. The lowest BCUT2D eigenvalue weighted by atomic mass is 9.69. The maximum atomic E-state index is 6.10. The molecule has 82 valence electrons. The summed E-state index contributed by atoms with van der Waals surface area (Å²) in [5.41, 5.74) is 0.304. The van der Waals surface area contributed by atoms with Gasteiger partial charge < -0.3 is 9.47 Å². The normalized spacial score (nSPS) is 37.9. The third kappa shape index (κ3) is 2.00. The highest BCUT2D eigenvalue weighted by atomic mass is 79.9. The summed E-state index contributed by atoms with van der Waals surface area (Å²) in [6.07, 6.45) is 4.17. The van der Waals surface area contributed by atoms with Gasteiger partial charge in [-0.15, -0.1) is 0 Å². The van der Waals surface area contributed by atoms with Crippen LogP contribution in [-0.2, 0) is 9.47 Å². The number of ether oxygens (including phenoxy) is 2. The molecule has 0 aromatic heterocycles. The number of halogens is 1. The quantitative estimate of drug-likeness (QED) is 0.713. The Balaban J connectivity index is 1.80. The van der Waals surface area contributed by atoms with Crippen LogP contribution in [0.25, 0.3) is 0 Å². The minimum Gasteiger partial charge on any atom is -0.381 e. The Kier molecular flexibility index (Phi) is 3.20. The highest BCUT2D eigenvalue weighted by Gasteiger charge is 2.48. The van der Waals surface area contributed by atoms with Crippen LogP contribution in [0.4, 0.5) is 0 Å². The van der Waals surface area contributed by atoms with Gasteiger partial charge in [0.05, 0.1) is 12.2 Å². The molecular formula is C11H19BrO2. The summed E-state index contributed by atoms with van der Waals surface area (Å²) in [6.45, 7) is 6.30. The first-order valence-corrected chi connectivity index (χ1v) is 6.39. The molecule has 1 aliphatic heterocycles. The van der Waals surface area contributed by atoms with Gasteiger partial charge in [0.1, 0.15) is 0 Å². The van der Waals surface area contributed by atoms with Crippen LogP contribution in [0, 0.1) is 5.41 Å². The van der Waals surface area contributed by atoms with E-state index in [1.54, 1.807) is 0 Å². The SMILES string of the molecule is CC1(C)C(Br)CC1OC1CCOCC1. The van der Waals surface area contributed by atoms with Gasteiger partial charge in [-0.2, -0.15) is 0 Å². The Morgan fingerprint density at radius 3 is 2.43 bits per heavy atom. The van der Waals surface area contributed by atoms with Crippen LogP contribution in [0.5, 0.6) is 0 Å². The molecule has 2 nitrogen and oxygen atoms in total. The van der Waals surface area contributed by atoms with Crippen LogP contribution in [-0.4, -0.2) is 30.2 Å². The van der Waals surface area contributed by atoms with Crippen molar-refractivity contribution in [1.29, 1.82) is 0 Å². The van der Waals surface area contributed by atoms with Gasteiger partial charge in [-0.1, -0.05) is 29.8 Å². The fourth-order valence-electron chi connectivity index (χ4n) is 2.11. The molecule has 0 bridgehead atoms. The average molecular weight is 263 g/mol. The van der Waals surface area contributed by atoms with Gasteiger partial charge in [0.25, 0.3) is 0 Å². The van der Waals surface area contributed by atoms with E-state index in [-0.39, 0.29) is 0 Å². The van der Waals surface area contributed by atoms with Gasteiger partial charge in [0.2, 0.25) is 0 Å². The van der Waals surface area contributed by atoms with E-state index in [0.717, 1.165) is 32.5 Å². The zero-order valence-corrected chi connectivity index (χ0v) is 10.5. The van der Waals surface area contributed by atoms with Crippen molar-refractivity contribution in [3.8, 4) is 0 Å². The van der Waals surface area contributed by atoms with Gasteiger partial charge in [-0.05, 0) is 19.3 Å². The molecule has 14 heavy (non-hydrogen) atoms. The largest absolute Gasteiger partial charge is 0.381 e. The Labute approximate surface area is 94.5 Å². The van der Waals surface area contributed by atoms with Crippen molar-refractivity contribution in [2.75, 3.05) is 13.2 Å². The van der Waals surface area contributed by atoms with E-state index in [9.17, 15) is 0 Å². The molecule has 2 fully saturated rings. The van der Waals surface area contributed by atoms with Crippen LogP contribution in [0.3, 0.4) is 0 Å². The molecule has 2 atom stereocenters. The topological polar surface area (TPSA) is 18.5 Å². The van der Waals surface area contributed by atoms with E-state index < -0.39 is 0 Å². The monoisotopic (exact) mass is 262 g/mol. The Morgan fingerprint density at radius 2 is 1.93 bits per heavy atom. The second-order valence-electron chi connectivity index (χ2n) is 4.96. The standard InChI is InChI=1S/C11H19BrO2/c1-11(2)9(12)7-10(11)14-8-3-5-13-6-4-8/h8-10H,3-7H2,1-2H3. The van der Waals surface area contributed by atoms with Gasteiger partial charge in [0.15, 0.2) is 0 Å². The van der Waals surface area contributed by atoms with Crippen molar-refractivity contribution in [3.63, 3.8) is 0 Å². The maximum Gasteiger partial charge on any atom is 0.0651 e. The van der Waals surface area contributed by atoms with E-state index in [0.29, 0.717) is 22.5 Å². The molecule has 0 radical (unpaired) electrons. The van der Waals surface area contributed by atoms with E-state index in [2.05, 4.69) is 29.8 Å². The van der Waals surface area contributed by atoms with Crippen LogP contribution in [0.15, 0.2) is 0 Å². The van der Waals surface area contributed by atoms with Crippen molar-refractivity contribution in [2.45, 2.75) is 50.1 Å². The number of alkyl halides is 1. The van der Waals surface area contributed by atoms with E-state index >= 15 is 0 Å². The summed E-state index contributed by atoms with van der Waals surface area (Å²) in [4.78, 5) is 0.625. The maximum absolute atomic E-state index is 6.10. The second-order valence-corrected chi connectivity index (χ2v) is 6.07. The van der Waals surface area contributed by atoms with E-state index in [1.807, 2.05) is 0 Å². The molecule has 2 aliphatic rings. The van der Waals surface area contributed by atoms with Gasteiger partial charge >= 0.3 is 0 Å². The molecule has 0 N–H and O–H groups in total. The van der Waals surface area contributed by atoms with E-state index in [1.165, 1.54) is 0 Å². The third-order valence-corrected chi connectivity index (χ3v) is 5.14. The lowest BCUT2D eigenvalue weighted by Crippen LogP contribution is -2.53. The van der Waals surface area contributed by atoms with Crippen molar-refractivity contribution in [2.24, 2.45) is 5.41 Å². The fraction of sp³-hybridized carbons (Fsp3) is 1.00. The second kappa shape index (κ2) is 4.11. The summed E-state index contributed by atoms with van der Waals surface area (Å²) in [5.74, 6) is 0. The van der Waals surface area contributed by atoms with Crippen molar-refractivity contribution >= 4 is 15.9 Å². The zero-order valence-electron chi connectivity index (χ0n) is 8.96. The predicted octanol–water partition coefficient (Wildman–Crippen LogP) is 2.74. The van der Waals surface area contributed by atoms with Crippen LogP contribution >= 0.6 is 15.9 Å². The molecule has 1 aliphatic carbocycles. The summed E-state index contributed by atoms with van der Waals surface area (Å²) in [6, 6.07) is 0.